The van der Waals surface area contributed by atoms with E-state index in [1.807, 2.05) is 44.2 Å². The van der Waals surface area contributed by atoms with Crippen LogP contribution in [-0.2, 0) is 16.1 Å². The van der Waals surface area contributed by atoms with Crippen LogP contribution >= 0.6 is 38.9 Å². The van der Waals surface area contributed by atoms with Gasteiger partial charge >= 0.3 is 5.97 Å². The molecule has 3 aromatic carbocycles. The van der Waals surface area contributed by atoms with Gasteiger partial charge in [0.1, 0.15) is 6.61 Å². The van der Waals surface area contributed by atoms with Crippen molar-refractivity contribution >= 4 is 50.9 Å². The number of ether oxygens (including phenoxy) is 5. The van der Waals surface area contributed by atoms with Crippen LogP contribution in [-0.4, -0.2) is 37.5 Å². The molecule has 9 nitrogen and oxygen atoms in total. The molecule has 0 fully saturated rings. The molecule has 0 saturated heterocycles. The summed E-state index contributed by atoms with van der Waals surface area (Å²) in [6.07, 6.45) is 1.69. The summed E-state index contributed by atoms with van der Waals surface area (Å²) in [6, 6.07) is 15.6. The van der Waals surface area contributed by atoms with Crippen LogP contribution in [0.15, 0.2) is 80.1 Å². The fraction of sp³-hybridized carbons (Fsp3) is 0.286. The number of hydrogen-bond acceptors (Lipinski definition) is 9. The van der Waals surface area contributed by atoms with Crippen LogP contribution < -0.4 is 33.8 Å². The summed E-state index contributed by atoms with van der Waals surface area (Å²) < 4.78 is 31.3. The maximum Gasteiger partial charge on any atom is 0.338 e. The van der Waals surface area contributed by atoms with Crippen molar-refractivity contribution in [1.29, 1.82) is 0 Å². The molecule has 1 aliphatic heterocycles. The Kier molecular flexibility index (Phi) is 10.8. The lowest BCUT2D eigenvalue weighted by molar-refractivity contribution is -0.139. The minimum atomic E-state index is -0.807. The standard InChI is InChI=1S/C35H34BrClN2O7S/c1-7-44-34(41)30-20(4)38-35-39(31(30)23-11-12-26(46-19(2)3)27(17-23)42-5)33(40)29(47-35)16-22-14-25(36)32(28(15-22)43-6)45-18-21-9-8-10-24(37)13-21/h8-17,19,31H,7,18H2,1-6H3/b29-16+/t31-/m0/s1. The lowest BCUT2D eigenvalue weighted by Gasteiger charge is -2.25. The summed E-state index contributed by atoms with van der Waals surface area (Å²) in [6.45, 7) is 7.78. The highest BCUT2D eigenvalue weighted by molar-refractivity contribution is 9.10. The van der Waals surface area contributed by atoms with Crippen molar-refractivity contribution in [3.63, 3.8) is 0 Å². The second-order valence-corrected chi connectivity index (χ2v) is 13.1. The SMILES string of the molecule is CCOC(=O)C1=C(C)N=c2s/c(=C/c3cc(Br)c(OCc4cccc(Cl)c4)c(OC)c3)c(=O)n2[C@H]1c1ccc(OC(C)C)c(OC)c1. The Hall–Kier alpha value is -4.06. The Labute approximate surface area is 289 Å². The van der Waals surface area contributed by atoms with Crippen LogP contribution in [0.1, 0.15) is 50.4 Å². The van der Waals surface area contributed by atoms with Gasteiger partial charge in [0.2, 0.25) is 0 Å². The number of esters is 1. The number of thiazole rings is 1. The second-order valence-electron chi connectivity index (χ2n) is 10.8. The molecule has 5 rings (SSSR count). The van der Waals surface area contributed by atoms with Crippen LogP contribution in [0.2, 0.25) is 5.02 Å². The van der Waals surface area contributed by atoms with Crippen molar-refractivity contribution in [2.24, 2.45) is 4.99 Å². The molecule has 0 radical (unpaired) electrons. The highest BCUT2D eigenvalue weighted by Gasteiger charge is 2.34. The average molecular weight is 742 g/mol. The van der Waals surface area contributed by atoms with Crippen LogP contribution in [0.5, 0.6) is 23.0 Å². The van der Waals surface area contributed by atoms with E-state index >= 15 is 0 Å². The number of halogens is 2. The van der Waals surface area contributed by atoms with Crippen molar-refractivity contribution in [1.82, 2.24) is 4.57 Å². The molecular weight excluding hydrogens is 708 g/mol. The molecule has 12 heteroatoms. The minimum Gasteiger partial charge on any atom is -0.493 e. The maximum absolute atomic E-state index is 14.2. The van der Waals surface area contributed by atoms with E-state index in [4.69, 9.17) is 35.3 Å². The summed E-state index contributed by atoms with van der Waals surface area (Å²) in [7, 11) is 3.10. The molecule has 1 atom stereocenters. The number of rotatable bonds is 11. The topological polar surface area (TPSA) is 97.6 Å². The first-order valence-electron chi connectivity index (χ1n) is 14.8. The fourth-order valence-electron chi connectivity index (χ4n) is 5.21. The van der Waals surface area contributed by atoms with Gasteiger partial charge in [-0.1, -0.05) is 41.1 Å². The molecule has 246 valence electrons. The third kappa shape index (κ3) is 7.42. The predicted molar refractivity (Wildman–Crippen MR) is 186 cm³/mol. The third-order valence-electron chi connectivity index (χ3n) is 7.20. The van der Waals surface area contributed by atoms with Gasteiger partial charge in [0, 0.05) is 5.02 Å². The van der Waals surface area contributed by atoms with E-state index in [2.05, 4.69) is 20.9 Å². The van der Waals surface area contributed by atoms with E-state index in [0.29, 0.717) is 58.7 Å². The molecule has 0 unspecified atom stereocenters. The molecule has 0 aliphatic carbocycles. The zero-order chi connectivity index (χ0) is 33.8. The van der Waals surface area contributed by atoms with E-state index < -0.39 is 12.0 Å². The first kappa shape index (κ1) is 34.3. The van der Waals surface area contributed by atoms with Gasteiger partial charge in [0.05, 0.1) is 53.2 Å². The Bertz CT molecular complexity index is 2040. The van der Waals surface area contributed by atoms with Crippen molar-refractivity contribution in [3.05, 3.63) is 112 Å². The Morgan fingerprint density at radius 1 is 1.09 bits per heavy atom. The van der Waals surface area contributed by atoms with E-state index in [1.54, 1.807) is 58.4 Å². The van der Waals surface area contributed by atoms with Crippen LogP contribution in [0.25, 0.3) is 6.08 Å². The molecule has 1 aliphatic rings. The molecule has 2 heterocycles. The van der Waals surface area contributed by atoms with Gasteiger partial charge in [-0.3, -0.25) is 9.36 Å². The minimum absolute atomic E-state index is 0.0769. The van der Waals surface area contributed by atoms with Crippen LogP contribution in [0, 0.1) is 0 Å². The van der Waals surface area contributed by atoms with Crippen molar-refractivity contribution in [2.75, 3.05) is 20.8 Å². The van der Waals surface area contributed by atoms with Gasteiger partial charge in [-0.15, -0.1) is 0 Å². The number of benzene rings is 3. The number of allylic oxidation sites excluding steroid dienone is 1. The number of hydrogen-bond donors (Lipinski definition) is 0. The van der Waals surface area contributed by atoms with Crippen molar-refractivity contribution in [3.8, 4) is 23.0 Å². The van der Waals surface area contributed by atoms with Crippen LogP contribution in [0.4, 0.5) is 0 Å². The lowest BCUT2D eigenvalue weighted by Crippen LogP contribution is -2.40. The summed E-state index contributed by atoms with van der Waals surface area (Å²) >= 11 is 11.0. The predicted octanol–water partition coefficient (Wildman–Crippen LogP) is 6.60. The maximum atomic E-state index is 14.2. The number of methoxy groups -OCH3 is 2. The molecule has 1 aromatic heterocycles. The first-order valence-corrected chi connectivity index (χ1v) is 16.8. The number of carbonyl (C=O) groups excluding carboxylic acids is 1. The molecule has 0 bridgehead atoms. The van der Waals surface area contributed by atoms with Crippen molar-refractivity contribution < 1.29 is 28.5 Å². The molecule has 0 amide bonds. The quantitative estimate of drug-likeness (QED) is 0.160. The monoisotopic (exact) mass is 740 g/mol. The molecule has 0 saturated carbocycles. The summed E-state index contributed by atoms with van der Waals surface area (Å²) in [5.41, 5.74) is 2.68. The summed E-state index contributed by atoms with van der Waals surface area (Å²) in [5.74, 6) is 1.48. The van der Waals surface area contributed by atoms with E-state index in [0.717, 1.165) is 5.56 Å². The Morgan fingerprint density at radius 2 is 1.85 bits per heavy atom. The molecular formula is C35H34BrClN2O7S. The third-order valence-corrected chi connectivity index (χ3v) is 9.01. The number of fused-ring (bicyclic) bond motifs is 1. The summed E-state index contributed by atoms with van der Waals surface area (Å²) in [4.78, 5) is 32.6. The van der Waals surface area contributed by atoms with Gasteiger partial charge < -0.3 is 23.7 Å². The van der Waals surface area contributed by atoms with E-state index in [1.165, 1.54) is 15.9 Å². The number of aromatic nitrogens is 1. The van der Waals surface area contributed by atoms with Gasteiger partial charge in [-0.2, -0.15) is 0 Å². The lowest BCUT2D eigenvalue weighted by atomic mass is 9.95. The van der Waals surface area contributed by atoms with Crippen molar-refractivity contribution in [2.45, 2.75) is 46.4 Å². The van der Waals surface area contributed by atoms with Gasteiger partial charge in [0.15, 0.2) is 27.8 Å². The largest absolute Gasteiger partial charge is 0.493 e. The van der Waals surface area contributed by atoms with Gasteiger partial charge in [-0.25, -0.2) is 9.79 Å². The fourth-order valence-corrected chi connectivity index (χ4v) is 7.04. The molecule has 47 heavy (non-hydrogen) atoms. The molecule has 0 spiro atoms. The zero-order valence-electron chi connectivity index (χ0n) is 26.8. The number of nitrogens with zero attached hydrogens (tertiary/aromatic N) is 2. The first-order chi connectivity index (χ1) is 22.5. The van der Waals surface area contributed by atoms with E-state index in [-0.39, 0.29) is 30.5 Å². The zero-order valence-corrected chi connectivity index (χ0v) is 29.9. The highest BCUT2D eigenvalue weighted by Crippen LogP contribution is 2.38. The molecule has 4 aromatic rings. The summed E-state index contributed by atoms with van der Waals surface area (Å²) in [5, 5.41) is 0.622. The van der Waals surface area contributed by atoms with Crippen LogP contribution in [0.3, 0.4) is 0 Å². The van der Waals surface area contributed by atoms with E-state index in [9.17, 15) is 9.59 Å². The molecule has 0 N–H and O–H groups in total. The Morgan fingerprint density at radius 3 is 2.53 bits per heavy atom. The van der Waals surface area contributed by atoms with Gasteiger partial charge in [-0.05, 0) is 103 Å². The second kappa shape index (κ2) is 14.8. The highest BCUT2D eigenvalue weighted by atomic mass is 79.9. The Balaban J connectivity index is 1.60. The average Bonchev–Trinajstić information content (AvgIpc) is 3.33. The normalized spacial score (nSPS) is 14.5. The van der Waals surface area contributed by atoms with Gasteiger partial charge in [0.25, 0.3) is 5.56 Å². The smallest absolute Gasteiger partial charge is 0.338 e. The number of carbonyl (C=O) groups is 1.